The minimum atomic E-state index is -0.469. The Labute approximate surface area is 121 Å². The van der Waals surface area contributed by atoms with Crippen LogP contribution >= 0.6 is 0 Å². The van der Waals surface area contributed by atoms with E-state index in [4.69, 9.17) is 4.74 Å². The fourth-order valence-electron chi connectivity index (χ4n) is 1.75. The zero-order valence-corrected chi connectivity index (χ0v) is 13.1. The molecular formula is C15H27N3O2. The first-order valence-electron chi connectivity index (χ1n) is 7.10. The Balaban J connectivity index is 2.38. The third-order valence-electron chi connectivity index (χ3n) is 2.85. The van der Waals surface area contributed by atoms with Gasteiger partial charge in [-0.15, -0.1) is 0 Å². The molecule has 1 unspecified atom stereocenters. The largest absolute Gasteiger partial charge is 0.444 e. The van der Waals surface area contributed by atoms with Crippen LogP contribution in [0.2, 0.25) is 0 Å². The molecule has 0 aliphatic rings. The molecule has 0 aliphatic heterocycles. The van der Waals surface area contributed by atoms with E-state index in [0.717, 1.165) is 12.2 Å². The SMILES string of the molecule is CC(C)C(CNCc1ccc[nH]1)NC(=O)OC(C)(C)C. The molecule has 0 fully saturated rings. The monoisotopic (exact) mass is 281 g/mol. The van der Waals surface area contributed by atoms with Gasteiger partial charge in [0.1, 0.15) is 5.60 Å². The number of alkyl carbamates (subject to hydrolysis) is 1. The quantitative estimate of drug-likeness (QED) is 0.751. The van der Waals surface area contributed by atoms with Gasteiger partial charge in [-0.3, -0.25) is 0 Å². The molecule has 0 saturated heterocycles. The molecule has 0 radical (unpaired) electrons. The molecule has 20 heavy (non-hydrogen) atoms. The number of aromatic nitrogens is 1. The number of ether oxygens (including phenoxy) is 1. The summed E-state index contributed by atoms with van der Waals surface area (Å²) in [6.45, 7) is 11.2. The van der Waals surface area contributed by atoms with Crippen molar-refractivity contribution in [2.45, 2.75) is 52.8 Å². The van der Waals surface area contributed by atoms with Gasteiger partial charge in [0, 0.05) is 31.0 Å². The number of aromatic amines is 1. The summed E-state index contributed by atoms with van der Waals surface area (Å²) < 4.78 is 5.29. The molecule has 5 nitrogen and oxygen atoms in total. The van der Waals surface area contributed by atoms with Crippen molar-refractivity contribution in [2.75, 3.05) is 6.54 Å². The predicted octanol–water partition coefficient (Wildman–Crippen LogP) is 2.65. The van der Waals surface area contributed by atoms with Crippen LogP contribution in [0.25, 0.3) is 0 Å². The van der Waals surface area contributed by atoms with Crippen LogP contribution in [-0.2, 0) is 11.3 Å². The average molecular weight is 281 g/mol. The Bertz CT molecular complexity index is 394. The number of carbonyl (C=O) groups excluding carboxylic acids is 1. The van der Waals surface area contributed by atoms with Crippen molar-refractivity contribution in [3.63, 3.8) is 0 Å². The van der Waals surface area contributed by atoms with Gasteiger partial charge in [-0.05, 0) is 38.8 Å². The summed E-state index contributed by atoms with van der Waals surface area (Å²) in [6, 6.07) is 4.04. The molecule has 1 aromatic heterocycles. The first kappa shape index (κ1) is 16.6. The summed E-state index contributed by atoms with van der Waals surface area (Å²) >= 11 is 0. The molecule has 1 heterocycles. The lowest BCUT2D eigenvalue weighted by Gasteiger charge is -2.26. The lowest BCUT2D eigenvalue weighted by atomic mass is 10.0. The zero-order valence-electron chi connectivity index (χ0n) is 13.1. The van der Waals surface area contributed by atoms with E-state index in [1.807, 2.05) is 39.1 Å². The molecule has 1 amide bonds. The van der Waals surface area contributed by atoms with E-state index in [1.54, 1.807) is 0 Å². The molecule has 0 aliphatic carbocycles. The number of rotatable bonds is 6. The summed E-state index contributed by atoms with van der Waals surface area (Å²) in [5.41, 5.74) is 0.660. The van der Waals surface area contributed by atoms with E-state index in [9.17, 15) is 4.79 Å². The van der Waals surface area contributed by atoms with Crippen LogP contribution in [0.15, 0.2) is 18.3 Å². The number of hydrogen-bond acceptors (Lipinski definition) is 3. The Kier molecular flexibility index (Phi) is 6.07. The average Bonchev–Trinajstić information content (AvgIpc) is 2.77. The highest BCUT2D eigenvalue weighted by atomic mass is 16.6. The number of amides is 1. The van der Waals surface area contributed by atoms with Crippen LogP contribution in [0.3, 0.4) is 0 Å². The molecule has 3 N–H and O–H groups in total. The van der Waals surface area contributed by atoms with Crippen molar-refractivity contribution in [1.29, 1.82) is 0 Å². The van der Waals surface area contributed by atoms with Crippen molar-refractivity contribution >= 4 is 6.09 Å². The maximum atomic E-state index is 11.8. The van der Waals surface area contributed by atoms with Gasteiger partial charge in [0.25, 0.3) is 0 Å². The normalized spacial score (nSPS) is 13.3. The molecular weight excluding hydrogens is 254 g/mol. The number of nitrogens with one attached hydrogen (secondary N) is 3. The van der Waals surface area contributed by atoms with Crippen molar-refractivity contribution < 1.29 is 9.53 Å². The highest BCUT2D eigenvalue weighted by Crippen LogP contribution is 2.08. The number of carbonyl (C=O) groups is 1. The lowest BCUT2D eigenvalue weighted by Crippen LogP contribution is -2.46. The molecule has 1 aromatic rings. The van der Waals surface area contributed by atoms with Gasteiger partial charge in [-0.25, -0.2) is 4.79 Å². The summed E-state index contributed by atoms with van der Waals surface area (Å²) in [6.07, 6.45) is 1.54. The topological polar surface area (TPSA) is 66.2 Å². The van der Waals surface area contributed by atoms with Crippen molar-refractivity contribution in [2.24, 2.45) is 5.92 Å². The van der Waals surface area contributed by atoms with Crippen LogP contribution in [0.1, 0.15) is 40.3 Å². The van der Waals surface area contributed by atoms with Gasteiger partial charge < -0.3 is 20.4 Å². The predicted molar refractivity (Wildman–Crippen MR) is 80.5 cm³/mol. The minimum Gasteiger partial charge on any atom is -0.444 e. The van der Waals surface area contributed by atoms with E-state index >= 15 is 0 Å². The smallest absolute Gasteiger partial charge is 0.407 e. The van der Waals surface area contributed by atoms with Crippen molar-refractivity contribution in [3.8, 4) is 0 Å². The van der Waals surface area contributed by atoms with E-state index < -0.39 is 5.60 Å². The maximum absolute atomic E-state index is 11.8. The van der Waals surface area contributed by atoms with E-state index in [-0.39, 0.29) is 12.1 Å². The highest BCUT2D eigenvalue weighted by molar-refractivity contribution is 5.68. The summed E-state index contributed by atoms with van der Waals surface area (Å²) in [7, 11) is 0. The van der Waals surface area contributed by atoms with Gasteiger partial charge in [0.2, 0.25) is 0 Å². The fraction of sp³-hybridized carbons (Fsp3) is 0.667. The zero-order chi connectivity index (χ0) is 15.2. The minimum absolute atomic E-state index is 0.0415. The molecule has 5 heteroatoms. The first-order chi connectivity index (χ1) is 9.28. The van der Waals surface area contributed by atoms with Gasteiger partial charge in [-0.2, -0.15) is 0 Å². The van der Waals surface area contributed by atoms with E-state index in [0.29, 0.717) is 12.5 Å². The molecule has 0 saturated carbocycles. The third-order valence-corrected chi connectivity index (χ3v) is 2.85. The van der Waals surface area contributed by atoms with Gasteiger partial charge in [0.15, 0.2) is 0 Å². The Hall–Kier alpha value is -1.49. The first-order valence-corrected chi connectivity index (χ1v) is 7.10. The molecule has 0 bridgehead atoms. The van der Waals surface area contributed by atoms with Crippen molar-refractivity contribution in [3.05, 3.63) is 24.0 Å². The molecule has 0 spiro atoms. The van der Waals surface area contributed by atoms with Gasteiger partial charge in [0.05, 0.1) is 0 Å². The van der Waals surface area contributed by atoms with Crippen molar-refractivity contribution in [1.82, 2.24) is 15.6 Å². The second kappa shape index (κ2) is 7.33. The molecule has 1 atom stereocenters. The van der Waals surface area contributed by atoms with Gasteiger partial charge >= 0.3 is 6.09 Å². The van der Waals surface area contributed by atoms with Crippen LogP contribution < -0.4 is 10.6 Å². The maximum Gasteiger partial charge on any atom is 0.407 e. The second-order valence-electron chi connectivity index (χ2n) is 6.32. The summed E-state index contributed by atoms with van der Waals surface area (Å²) in [4.78, 5) is 14.9. The Morgan fingerprint density at radius 3 is 2.60 bits per heavy atom. The Morgan fingerprint density at radius 2 is 2.10 bits per heavy atom. The number of hydrogen-bond donors (Lipinski definition) is 3. The molecule has 1 rings (SSSR count). The standard InChI is InChI=1S/C15H27N3O2/c1-11(2)13(18-14(19)20-15(3,4)5)10-16-9-12-7-6-8-17-12/h6-8,11,13,16-17H,9-10H2,1-5H3,(H,18,19). The summed E-state index contributed by atoms with van der Waals surface area (Å²) in [5, 5.41) is 6.26. The summed E-state index contributed by atoms with van der Waals surface area (Å²) in [5.74, 6) is 0.332. The van der Waals surface area contributed by atoms with Crippen LogP contribution in [0.4, 0.5) is 4.79 Å². The van der Waals surface area contributed by atoms with Crippen LogP contribution in [-0.4, -0.2) is 29.3 Å². The van der Waals surface area contributed by atoms with Crippen LogP contribution in [0.5, 0.6) is 0 Å². The Morgan fingerprint density at radius 1 is 1.40 bits per heavy atom. The van der Waals surface area contributed by atoms with Crippen LogP contribution in [0, 0.1) is 5.92 Å². The van der Waals surface area contributed by atoms with E-state index in [1.165, 1.54) is 0 Å². The van der Waals surface area contributed by atoms with E-state index in [2.05, 4.69) is 29.5 Å². The number of H-pyrrole nitrogens is 1. The fourth-order valence-corrected chi connectivity index (χ4v) is 1.75. The third kappa shape index (κ3) is 6.61. The lowest BCUT2D eigenvalue weighted by molar-refractivity contribution is 0.0490. The van der Waals surface area contributed by atoms with Gasteiger partial charge in [-0.1, -0.05) is 13.8 Å². The molecule has 114 valence electrons. The second-order valence-corrected chi connectivity index (χ2v) is 6.32. The highest BCUT2D eigenvalue weighted by Gasteiger charge is 2.21. The molecule has 0 aromatic carbocycles.